The van der Waals surface area contributed by atoms with Crippen LogP contribution in [0.1, 0.15) is 18.5 Å². The summed E-state index contributed by atoms with van der Waals surface area (Å²) >= 11 is 0. The first kappa shape index (κ1) is 16.2. The SMILES string of the molecule is COCCCNc1nc(-c2ccc(F)cc2)cc(C(F)F)n1. The smallest absolute Gasteiger partial charge is 0.280 e. The molecule has 0 aliphatic rings. The number of alkyl halides is 2. The van der Waals surface area contributed by atoms with Crippen LogP contribution in [0.15, 0.2) is 30.3 Å². The van der Waals surface area contributed by atoms with E-state index in [0.717, 1.165) is 0 Å². The van der Waals surface area contributed by atoms with E-state index in [4.69, 9.17) is 4.74 Å². The third-order valence-corrected chi connectivity index (χ3v) is 2.92. The number of halogens is 3. The summed E-state index contributed by atoms with van der Waals surface area (Å²) in [5.41, 5.74) is 0.494. The number of methoxy groups -OCH3 is 1. The summed E-state index contributed by atoms with van der Waals surface area (Å²) in [4.78, 5) is 7.98. The van der Waals surface area contributed by atoms with Crippen molar-refractivity contribution in [3.8, 4) is 11.3 Å². The van der Waals surface area contributed by atoms with Gasteiger partial charge in [0.2, 0.25) is 5.95 Å². The van der Waals surface area contributed by atoms with E-state index >= 15 is 0 Å². The fourth-order valence-corrected chi connectivity index (χ4v) is 1.84. The van der Waals surface area contributed by atoms with E-state index in [1.807, 2.05) is 0 Å². The first-order valence-electron chi connectivity index (χ1n) is 6.76. The van der Waals surface area contributed by atoms with Crippen molar-refractivity contribution >= 4 is 5.95 Å². The maximum absolute atomic E-state index is 13.0. The van der Waals surface area contributed by atoms with Crippen LogP contribution in [0.2, 0.25) is 0 Å². The molecule has 7 heteroatoms. The Kier molecular flexibility index (Phi) is 5.71. The Bertz CT molecular complexity index is 605. The molecule has 2 aromatic rings. The average Bonchev–Trinajstić information content (AvgIpc) is 2.52. The topological polar surface area (TPSA) is 47.0 Å². The van der Waals surface area contributed by atoms with Gasteiger partial charge in [0.25, 0.3) is 6.43 Å². The number of nitrogens with one attached hydrogen (secondary N) is 1. The average molecular weight is 311 g/mol. The summed E-state index contributed by atoms with van der Waals surface area (Å²) in [5.74, 6) is -0.280. The van der Waals surface area contributed by atoms with Gasteiger partial charge in [0.15, 0.2) is 0 Å². The molecule has 0 fully saturated rings. The molecule has 1 N–H and O–H groups in total. The lowest BCUT2D eigenvalue weighted by molar-refractivity contribution is 0.146. The molecule has 0 aliphatic heterocycles. The molecule has 1 aromatic carbocycles. The van der Waals surface area contributed by atoms with Gasteiger partial charge in [-0.25, -0.2) is 23.1 Å². The fraction of sp³-hybridized carbons (Fsp3) is 0.333. The highest BCUT2D eigenvalue weighted by molar-refractivity contribution is 5.60. The predicted octanol–water partition coefficient (Wildman–Crippen LogP) is 3.67. The maximum Gasteiger partial charge on any atom is 0.280 e. The zero-order valence-corrected chi connectivity index (χ0v) is 12.0. The molecule has 0 spiro atoms. The zero-order chi connectivity index (χ0) is 15.9. The van der Waals surface area contributed by atoms with Crippen LogP contribution in [0, 0.1) is 5.82 Å². The van der Waals surface area contributed by atoms with E-state index in [0.29, 0.717) is 30.8 Å². The van der Waals surface area contributed by atoms with Crippen molar-refractivity contribution in [3.63, 3.8) is 0 Å². The van der Waals surface area contributed by atoms with Gasteiger partial charge in [-0.1, -0.05) is 0 Å². The standard InChI is InChI=1S/C15H16F3N3O/c1-22-8-2-7-19-15-20-12(9-13(21-15)14(17)18)10-3-5-11(16)6-4-10/h3-6,9,14H,2,7-8H2,1H3,(H,19,20,21). The first-order valence-corrected chi connectivity index (χ1v) is 6.76. The highest BCUT2D eigenvalue weighted by Crippen LogP contribution is 2.24. The van der Waals surface area contributed by atoms with Crippen molar-refractivity contribution in [1.29, 1.82) is 0 Å². The van der Waals surface area contributed by atoms with Crippen molar-refractivity contribution in [2.24, 2.45) is 0 Å². The molecule has 0 aliphatic carbocycles. The van der Waals surface area contributed by atoms with Crippen molar-refractivity contribution in [1.82, 2.24) is 9.97 Å². The molecule has 0 saturated heterocycles. The van der Waals surface area contributed by atoms with Crippen LogP contribution in [-0.2, 0) is 4.74 Å². The lowest BCUT2D eigenvalue weighted by atomic mass is 10.1. The van der Waals surface area contributed by atoms with Crippen LogP contribution < -0.4 is 5.32 Å². The monoisotopic (exact) mass is 311 g/mol. The minimum Gasteiger partial charge on any atom is -0.385 e. The molecule has 0 saturated carbocycles. The van der Waals surface area contributed by atoms with E-state index in [9.17, 15) is 13.2 Å². The first-order chi connectivity index (χ1) is 10.6. The quantitative estimate of drug-likeness (QED) is 0.793. The van der Waals surface area contributed by atoms with Gasteiger partial charge in [-0.05, 0) is 36.8 Å². The number of ether oxygens (including phenoxy) is 1. The molecule has 0 unspecified atom stereocenters. The van der Waals surface area contributed by atoms with Gasteiger partial charge in [-0.3, -0.25) is 0 Å². The highest BCUT2D eigenvalue weighted by Gasteiger charge is 2.14. The predicted molar refractivity (Wildman–Crippen MR) is 77.4 cm³/mol. The largest absolute Gasteiger partial charge is 0.385 e. The van der Waals surface area contributed by atoms with E-state index in [-0.39, 0.29) is 11.6 Å². The van der Waals surface area contributed by atoms with Gasteiger partial charge in [0, 0.05) is 25.8 Å². The van der Waals surface area contributed by atoms with Crippen molar-refractivity contribution in [3.05, 3.63) is 41.8 Å². The number of benzene rings is 1. The Morgan fingerprint density at radius 1 is 1.18 bits per heavy atom. The lowest BCUT2D eigenvalue weighted by Gasteiger charge is -2.09. The number of rotatable bonds is 7. The Labute approximate surface area is 126 Å². The molecule has 0 amide bonds. The number of hydrogen-bond donors (Lipinski definition) is 1. The molecular formula is C15H16F3N3O. The molecule has 22 heavy (non-hydrogen) atoms. The second-order valence-corrected chi connectivity index (χ2v) is 4.58. The Hall–Kier alpha value is -2.15. The Balaban J connectivity index is 2.24. The molecule has 1 heterocycles. The van der Waals surface area contributed by atoms with Gasteiger partial charge >= 0.3 is 0 Å². The second-order valence-electron chi connectivity index (χ2n) is 4.58. The highest BCUT2D eigenvalue weighted by atomic mass is 19.3. The minimum absolute atomic E-state index is 0.119. The van der Waals surface area contributed by atoms with Gasteiger partial charge in [0.1, 0.15) is 11.5 Å². The van der Waals surface area contributed by atoms with Crippen LogP contribution in [-0.4, -0.2) is 30.2 Å². The van der Waals surface area contributed by atoms with Crippen molar-refractivity contribution < 1.29 is 17.9 Å². The fourth-order valence-electron chi connectivity index (χ4n) is 1.84. The molecule has 0 radical (unpaired) electrons. The summed E-state index contributed by atoms with van der Waals surface area (Å²) in [6, 6.07) is 6.69. The van der Waals surface area contributed by atoms with Crippen LogP contribution in [0.3, 0.4) is 0 Å². The molecule has 1 aromatic heterocycles. The van der Waals surface area contributed by atoms with Crippen molar-refractivity contribution in [2.45, 2.75) is 12.8 Å². The third kappa shape index (κ3) is 4.42. The summed E-state index contributed by atoms with van der Waals surface area (Å²) in [5, 5.41) is 2.89. The molecular weight excluding hydrogens is 295 g/mol. The molecule has 2 rings (SSSR count). The van der Waals surface area contributed by atoms with E-state index in [2.05, 4.69) is 15.3 Å². The summed E-state index contributed by atoms with van der Waals surface area (Å²) in [7, 11) is 1.58. The van der Waals surface area contributed by atoms with Crippen LogP contribution >= 0.6 is 0 Å². The van der Waals surface area contributed by atoms with E-state index in [1.165, 1.54) is 30.3 Å². The molecule has 0 bridgehead atoms. The Morgan fingerprint density at radius 3 is 2.55 bits per heavy atom. The number of anilines is 1. The van der Waals surface area contributed by atoms with E-state index in [1.54, 1.807) is 7.11 Å². The number of aromatic nitrogens is 2. The second kappa shape index (κ2) is 7.74. The lowest BCUT2D eigenvalue weighted by Crippen LogP contribution is -2.09. The van der Waals surface area contributed by atoms with Gasteiger partial charge in [-0.15, -0.1) is 0 Å². The van der Waals surface area contributed by atoms with Gasteiger partial charge in [0.05, 0.1) is 5.69 Å². The van der Waals surface area contributed by atoms with E-state index < -0.39 is 12.2 Å². The molecule has 118 valence electrons. The minimum atomic E-state index is -2.71. The molecule has 0 atom stereocenters. The third-order valence-electron chi connectivity index (χ3n) is 2.92. The number of hydrogen-bond acceptors (Lipinski definition) is 4. The van der Waals surface area contributed by atoms with Crippen LogP contribution in [0.4, 0.5) is 19.1 Å². The summed E-state index contributed by atoms with van der Waals surface area (Å²) < 4.78 is 43.8. The van der Waals surface area contributed by atoms with Crippen LogP contribution in [0.25, 0.3) is 11.3 Å². The normalized spacial score (nSPS) is 11.0. The zero-order valence-electron chi connectivity index (χ0n) is 12.0. The Morgan fingerprint density at radius 2 is 1.91 bits per heavy atom. The van der Waals surface area contributed by atoms with Crippen LogP contribution in [0.5, 0.6) is 0 Å². The molecule has 4 nitrogen and oxygen atoms in total. The van der Waals surface area contributed by atoms with Crippen molar-refractivity contribution in [2.75, 3.05) is 25.6 Å². The number of nitrogens with zero attached hydrogens (tertiary/aromatic N) is 2. The maximum atomic E-state index is 13.0. The summed E-state index contributed by atoms with van der Waals surface area (Å²) in [6.45, 7) is 1.05. The van der Waals surface area contributed by atoms with Gasteiger partial charge < -0.3 is 10.1 Å². The summed E-state index contributed by atoms with van der Waals surface area (Å²) in [6.07, 6.45) is -2.01. The van der Waals surface area contributed by atoms with Gasteiger partial charge in [-0.2, -0.15) is 0 Å².